The predicted molar refractivity (Wildman–Crippen MR) is 79.9 cm³/mol. The second-order valence-corrected chi connectivity index (χ2v) is 5.96. The third kappa shape index (κ3) is 3.19. The molecule has 2 aromatic rings. The average molecular weight is 312 g/mol. The zero-order valence-electron chi connectivity index (χ0n) is 12.7. The summed E-state index contributed by atoms with van der Waals surface area (Å²) in [6.07, 6.45) is -4.74. The van der Waals surface area contributed by atoms with Crippen LogP contribution < -0.4 is 4.74 Å². The van der Waals surface area contributed by atoms with E-state index in [9.17, 15) is 18.3 Å². The summed E-state index contributed by atoms with van der Waals surface area (Å²) in [4.78, 5) is 0. The van der Waals surface area contributed by atoms with Gasteiger partial charge in [0.05, 0.1) is 6.61 Å². The lowest BCUT2D eigenvalue weighted by Crippen LogP contribution is -2.39. The third-order valence-electron chi connectivity index (χ3n) is 3.51. The minimum atomic E-state index is -4.74. The van der Waals surface area contributed by atoms with Crippen LogP contribution in [-0.2, 0) is 5.60 Å². The van der Waals surface area contributed by atoms with Crippen LogP contribution in [0.25, 0.3) is 10.8 Å². The molecule has 0 heterocycles. The van der Waals surface area contributed by atoms with Crippen molar-refractivity contribution in [1.82, 2.24) is 0 Å². The molecule has 22 heavy (non-hydrogen) atoms. The summed E-state index contributed by atoms with van der Waals surface area (Å²) < 4.78 is 44.8. The Balaban J connectivity index is 2.47. The monoisotopic (exact) mass is 312 g/mol. The van der Waals surface area contributed by atoms with E-state index in [2.05, 4.69) is 0 Å². The molecule has 0 spiro atoms. The standard InChI is InChI=1S/C17H19F3O2/c1-11(2)10-22-13-7-8-14-12(9-13)5-4-6-15(14)16(3,21)17(18,19)20/h4-9,11,21H,10H2,1-3H3. The molecule has 0 aromatic heterocycles. The number of fused-ring (bicyclic) bond motifs is 1. The summed E-state index contributed by atoms with van der Waals surface area (Å²) in [7, 11) is 0. The second kappa shape index (κ2) is 5.80. The molecule has 0 saturated carbocycles. The summed E-state index contributed by atoms with van der Waals surface area (Å²) in [5, 5.41) is 10.9. The van der Waals surface area contributed by atoms with Gasteiger partial charge in [-0.05, 0) is 35.7 Å². The number of hydrogen-bond acceptors (Lipinski definition) is 2. The van der Waals surface area contributed by atoms with E-state index in [0.717, 1.165) is 6.92 Å². The number of ether oxygens (including phenoxy) is 1. The maximum Gasteiger partial charge on any atom is 0.421 e. The zero-order chi connectivity index (χ0) is 16.5. The molecule has 1 N–H and O–H groups in total. The fraction of sp³-hybridized carbons (Fsp3) is 0.412. The molecule has 0 fully saturated rings. The number of aliphatic hydroxyl groups is 1. The molecular weight excluding hydrogens is 293 g/mol. The second-order valence-electron chi connectivity index (χ2n) is 5.96. The Hall–Kier alpha value is -1.75. The molecule has 0 bridgehead atoms. The average Bonchev–Trinajstić information content (AvgIpc) is 2.42. The number of hydrogen-bond donors (Lipinski definition) is 1. The van der Waals surface area contributed by atoms with Crippen molar-refractivity contribution in [3.8, 4) is 5.75 Å². The number of alkyl halides is 3. The van der Waals surface area contributed by atoms with Crippen molar-refractivity contribution in [3.05, 3.63) is 42.0 Å². The van der Waals surface area contributed by atoms with Crippen molar-refractivity contribution in [2.24, 2.45) is 5.92 Å². The maximum absolute atomic E-state index is 13.1. The Morgan fingerprint density at radius 2 is 1.82 bits per heavy atom. The van der Waals surface area contributed by atoms with Gasteiger partial charge in [0.1, 0.15) is 5.75 Å². The highest BCUT2D eigenvalue weighted by molar-refractivity contribution is 5.87. The highest BCUT2D eigenvalue weighted by atomic mass is 19.4. The molecule has 5 heteroatoms. The number of benzene rings is 2. The van der Waals surface area contributed by atoms with Crippen LogP contribution in [0, 0.1) is 5.92 Å². The van der Waals surface area contributed by atoms with Gasteiger partial charge in [0.2, 0.25) is 0 Å². The number of rotatable bonds is 4. The first-order chi connectivity index (χ1) is 10.1. The van der Waals surface area contributed by atoms with Gasteiger partial charge in [0.15, 0.2) is 5.60 Å². The molecule has 2 aromatic carbocycles. The lowest BCUT2D eigenvalue weighted by molar-refractivity contribution is -0.258. The summed E-state index contributed by atoms with van der Waals surface area (Å²) in [5.74, 6) is 0.956. The van der Waals surface area contributed by atoms with Crippen LogP contribution in [0.4, 0.5) is 13.2 Å². The predicted octanol–water partition coefficient (Wildman–Crippen LogP) is 4.64. The van der Waals surface area contributed by atoms with E-state index in [-0.39, 0.29) is 5.56 Å². The van der Waals surface area contributed by atoms with E-state index in [4.69, 9.17) is 4.74 Å². The topological polar surface area (TPSA) is 29.5 Å². The molecule has 1 atom stereocenters. The molecule has 1 unspecified atom stereocenters. The molecule has 2 nitrogen and oxygen atoms in total. The van der Waals surface area contributed by atoms with E-state index >= 15 is 0 Å². The summed E-state index contributed by atoms with van der Waals surface area (Å²) >= 11 is 0. The van der Waals surface area contributed by atoms with Crippen molar-refractivity contribution in [2.45, 2.75) is 32.5 Å². The fourth-order valence-electron chi connectivity index (χ4n) is 2.19. The molecule has 0 radical (unpaired) electrons. The van der Waals surface area contributed by atoms with Crippen molar-refractivity contribution >= 4 is 10.8 Å². The molecule has 2 rings (SSSR count). The van der Waals surface area contributed by atoms with Gasteiger partial charge in [0.25, 0.3) is 0 Å². The van der Waals surface area contributed by atoms with Crippen LogP contribution in [0.3, 0.4) is 0 Å². The van der Waals surface area contributed by atoms with Crippen molar-refractivity contribution in [3.63, 3.8) is 0 Å². The fourth-order valence-corrected chi connectivity index (χ4v) is 2.19. The Bertz CT molecular complexity index is 660. The highest BCUT2D eigenvalue weighted by Gasteiger charge is 2.51. The van der Waals surface area contributed by atoms with Crippen molar-refractivity contribution in [1.29, 1.82) is 0 Å². The minimum absolute atomic E-state index is 0.159. The molecule has 0 amide bonds. The van der Waals surface area contributed by atoms with E-state index in [1.54, 1.807) is 24.3 Å². The van der Waals surface area contributed by atoms with Gasteiger partial charge in [-0.2, -0.15) is 13.2 Å². The third-order valence-corrected chi connectivity index (χ3v) is 3.51. The first kappa shape index (κ1) is 16.6. The normalized spacial score (nSPS) is 15.1. The molecule has 0 aliphatic heterocycles. The summed E-state index contributed by atoms with van der Waals surface area (Å²) in [6.45, 7) is 5.33. The quantitative estimate of drug-likeness (QED) is 0.891. The lowest BCUT2D eigenvalue weighted by atomic mass is 9.90. The number of halogens is 3. The van der Waals surface area contributed by atoms with Gasteiger partial charge in [-0.15, -0.1) is 0 Å². The molecular formula is C17H19F3O2. The van der Waals surface area contributed by atoms with Gasteiger partial charge in [-0.25, -0.2) is 0 Å². The van der Waals surface area contributed by atoms with Crippen molar-refractivity contribution in [2.75, 3.05) is 6.61 Å². The van der Waals surface area contributed by atoms with Crippen LogP contribution in [0.5, 0.6) is 5.75 Å². The van der Waals surface area contributed by atoms with Gasteiger partial charge >= 0.3 is 6.18 Å². The van der Waals surface area contributed by atoms with Crippen LogP contribution in [0.15, 0.2) is 36.4 Å². The maximum atomic E-state index is 13.1. The van der Waals surface area contributed by atoms with E-state index < -0.39 is 11.8 Å². The summed E-state index contributed by atoms with van der Waals surface area (Å²) in [5.41, 5.74) is -3.06. The molecule has 0 aliphatic rings. The van der Waals surface area contributed by atoms with Crippen molar-refractivity contribution < 1.29 is 23.0 Å². The minimum Gasteiger partial charge on any atom is -0.493 e. The van der Waals surface area contributed by atoms with Gasteiger partial charge in [-0.1, -0.05) is 38.1 Å². The molecule has 0 saturated heterocycles. The Morgan fingerprint density at radius 3 is 2.41 bits per heavy atom. The van der Waals surface area contributed by atoms with Gasteiger partial charge < -0.3 is 9.84 Å². The Labute approximate surface area is 127 Å². The van der Waals surface area contributed by atoms with Crippen LogP contribution in [0.1, 0.15) is 26.3 Å². The highest BCUT2D eigenvalue weighted by Crippen LogP contribution is 2.41. The molecule has 0 aliphatic carbocycles. The molecule has 120 valence electrons. The van der Waals surface area contributed by atoms with Crippen LogP contribution in [-0.4, -0.2) is 17.9 Å². The van der Waals surface area contributed by atoms with Gasteiger partial charge in [-0.3, -0.25) is 0 Å². The van der Waals surface area contributed by atoms with E-state index in [1.807, 2.05) is 13.8 Å². The van der Waals surface area contributed by atoms with E-state index in [0.29, 0.717) is 29.0 Å². The SMILES string of the molecule is CC(C)COc1ccc2c(C(C)(O)C(F)(F)F)cccc2c1. The lowest BCUT2D eigenvalue weighted by Gasteiger charge is -2.28. The van der Waals surface area contributed by atoms with E-state index in [1.165, 1.54) is 12.1 Å². The largest absolute Gasteiger partial charge is 0.493 e. The Morgan fingerprint density at radius 1 is 1.14 bits per heavy atom. The zero-order valence-corrected chi connectivity index (χ0v) is 12.7. The Kier molecular flexibility index (Phi) is 4.38. The van der Waals surface area contributed by atoms with Crippen LogP contribution >= 0.6 is 0 Å². The summed E-state index contributed by atoms with van der Waals surface area (Å²) in [6, 6.07) is 9.37. The van der Waals surface area contributed by atoms with Crippen LogP contribution in [0.2, 0.25) is 0 Å². The smallest absolute Gasteiger partial charge is 0.421 e. The van der Waals surface area contributed by atoms with Gasteiger partial charge in [0, 0.05) is 5.56 Å². The first-order valence-corrected chi connectivity index (χ1v) is 7.08. The first-order valence-electron chi connectivity index (χ1n) is 7.08.